The Kier molecular flexibility index (Phi) is 7.33. The van der Waals surface area contributed by atoms with Crippen molar-refractivity contribution < 1.29 is 14.3 Å². The van der Waals surface area contributed by atoms with E-state index < -0.39 is 5.91 Å². The van der Waals surface area contributed by atoms with Crippen LogP contribution in [0.3, 0.4) is 0 Å². The number of benzene rings is 2. The SMILES string of the molecule is COc1ccc(/C=N\NC(=O)c2cccn(Cc3ccc(C(C)(C)C)cc3)c2=O)c(OC)c1. The average molecular weight is 448 g/mol. The molecule has 2 aromatic carbocycles. The molecular weight excluding hydrogens is 418 g/mol. The molecule has 0 radical (unpaired) electrons. The molecule has 1 heterocycles. The van der Waals surface area contributed by atoms with E-state index in [1.54, 1.807) is 37.6 Å². The van der Waals surface area contributed by atoms with E-state index in [0.717, 1.165) is 5.56 Å². The van der Waals surface area contributed by atoms with E-state index in [-0.39, 0.29) is 16.5 Å². The van der Waals surface area contributed by atoms with Crippen molar-refractivity contribution in [1.82, 2.24) is 9.99 Å². The van der Waals surface area contributed by atoms with Crippen LogP contribution >= 0.6 is 0 Å². The lowest BCUT2D eigenvalue weighted by atomic mass is 9.87. The molecule has 0 saturated carbocycles. The lowest BCUT2D eigenvalue weighted by Crippen LogP contribution is -2.30. The van der Waals surface area contributed by atoms with Crippen molar-refractivity contribution in [2.45, 2.75) is 32.7 Å². The third-order valence-electron chi connectivity index (χ3n) is 5.25. The minimum absolute atomic E-state index is 0.0163. The van der Waals surface area contributed by atoms with Gasteiger partial charge in [0.15, 0.2) is 0 Å². The Bertz CT molecular complexity index is 1210. The van der Waals surface area contributed by atoms with Crippen LogP contribution in [0.25, 0.3) is 0 Å². The minimum atomic E-state index is -0.582. The van der Waals surface area contributed by atoms with Crippen LogP contribution in [0, 0.1) is 0 Å². The molecule has 1 N–H and O–H groups in total. The van der Waals surface area contributed by atoms with Crippen LogP contribution < -0.4 is 20.5 Å². The van der Waals surface area contributed by atoms with Crippen molar-refractivity contribution in [3.8, 4) is 11.5 Å². The molecule has 7 heteroatoms. The highest BCUT2D eigenvalue weighted by molar-refractivity contribution is 5.94. The molecule has 3 rings (SSSR count). The van der Waals surface area contributed by atoms with Gasteiger partial charge in [0.2, 0.25) is 0 Å². The molecule has 7 nitrogen and oxygen atoms in total. The zero-order valence-corrected chi connectivity index (χ0v) is 19.6. The number of hydrogen-bond donors (Lipinski definition) is 1. The monoisotopic (exact) mass is 447 g/mol. The molecule has 0 bridgehead atoms. The van der Waals surface area contributed by atoms with Gasteiger partial charge < -0.3 is 14.0 Å². The van der Waals surface area contributed by atoms with Crippen LogP contribution in [0.5, 0.6) is 11.5 Å². The Hall–Kier alpha value is -3.87. The number of carbonyl (C=O) groups is 1. The van der Waals surface area contributed by atoms with Gasteiger partial charge in [-0.15, -0.1) is 0 Å². The second-order valence-corrected chi connectivity index (χ2v) is 8.61. The summed E-state index contributed by atoms with van der Waals surface area (Å²) in [6, 6.07) is 16.5. The standard InChI is InChI=1S/C26H29N3O4/c1-26(2,3)20-11-8-18(9-12-20)17-29-14-6-7-22(25(29)31)24(30)28-27-16-19-10-13-21(32-4)15-23(19)33-5/h6-16H,17H2,1-5H3,(H,28,30)/b27-16-. The van der Waals surface area contributed by atoms with E-state index in [2.05, 4.69) is 43.4 Å². The largest absolute Gasteiger partial charge is 0.497 e. The van der Waals surface area contributed by atoms with Crippen molar-refractivity contribution in [1.29, 1.82) is 0 Å². The van der Waals surface area contributed by atoms with Gasteiger partial charge in [-0.2, -0.15) is 5.10 Å². The number of pyridine rings is 1. The predicted molar refractivity (Wildman–Crippen MR) is 130 cm³/mol. The predicted octanol–water partition coefficient (Wildman–Crippen LogP) is 3.98. The number of rotatable bonds is 7. The Morgan fingerprint density at radius 1 is 1.06 bits per heavy atom. The van der Waals surface area contributed by atoms with E-state index in [9.17, 15) is 9.59 Å². The number of nitrogens with zero attached hydrogens (tertiary/aromatic N) is 2. The Morgan fingerprint density at radius 3 is 2.42 bits per heavy atom. The Morgan fingerprint density at radius 2 is 1.79 bits per heavy atom. The van der Waals surface area contributed by atoms with Gasteiger partial charge in [-0.05, 0) is 40.8 Å². The number of aromatic nitrogens is 1. The maximum absolute atomic E-state index is 12.9. The van der Waals surface area contributed by atoms with Gasteiger partial charge in [-0.25, -0.2) is 5.43 Å². The molecule has 0 aliphatic rings. The topological polar surface area (TPSA) is 81.9 Å². The van der Waals surface area contributed by atoms with Gasteiger partial charge in [0.05, 0.1) is 27.0 Å². The maximum Gasteiger partial charge on any atom is 0.276 e. The van der Waals surface area contributed by atoms with Gasteiger partial charge in [0, 0.05) is 17.8 Å². The van der Waals surface area contributed by atoms with Gasteiger partial charge in [0.25, 0.3) is 11.5 Å². The molecule has 172 valence electrons. The minimum Gasteiger partial charge on any atom is -0.497 e. The van der Waals surface area contributed by atoms with Gasteiger partial charge in [0.1, 0.15) is 17.1 Å². The number of ether oxygens (including phenoxy) is 2. The molecule has 0 unspecified atom stereocenters. The zero-order valence-electron chi connectivity index (χ0n) is 19.6. The van der Waals surface area contributed by atoms with Gasteiger partial charge >= 0.3 is 0 Å². The lowest BCUT2D eigenvalue weighted by molar-refractivity contribution is 0.0953. The van der Waals surface area contributed by atoms with Crippen molar-refractivity contribution in [2.24, 2.45) is 5.10 Å². The van der Waals surface area contributed by atoms with E-state index in [1.165, 1.54) is 29.5 Å². The number of hydrazone groups is 1. The summed E-state index contributed by atoms with van der Waals surface area (Å²) in [4.78, 5) is 25.4. The molecule has 1 aromatic heterocycles. The van der Waals surface area contributed by atoms with Crippen molar-refractivity contribution in [3.05, 3.63) is 93.4 Å². The van der Waals surface area contributed by atoms with Crippen LogP contribution in [0.1, 0.15) is 47.8 Å². The third-order valence-corrected chi connectivity index (χ3v) is 5.25. The second kappa shape index (κ2) is 10.2. The first kappa shape index (κ1) is 23.8. The first-order chi connectivity index (χ1) is 15.7. The average Bonchev–Trinajstić information content (AvgIpc) is 2.80. The van der Waals surface area contributed by atoms with Crippen LogP contribution in [0.15, 0.2) is 70.7 Å². The molecule has 0 aliphatic carbocycles. The fourth-order valence-electron chi connectivity index (χ4n) is 3.29. The van der Waals surface area contributed by atoms with Gasteiger partial charge in [-0.3, -0.25) is 9.59 Å². The summed E-state index contributed by atoms with van der Waals surface area (Å²) in [6.45, 7) is 6.84. The molecule has 0 fully saturated rings. The first-order valence-electron chi connectivity index (χ1n) is 10.6. The summed E-state index contributed by atoms with van der Waals surface area (Å²) in [7, 11) is 3.10. The van der Waals surface area contributed by atoms with Crippen molar-refractivity contribution in [3.63, 3.8) is 0 Å². The van der Waals surface area contributed by atoms with E-state index >= 15 is 0 Å². The van der Waals surface area contributed by atoms with Crippen LogP contribution in [-0.4, -0.2) is 30.9 Å². The summed E-state index contributed by atoms with van der Waals surface area (Å²) in [5.74, 6) is 0.610. The highest BCUT2D eigenvalue weighted by Crippen LogP contribution is 2.23. The van der Waals surface area contributed by atoms with E-state index in [1.807, 2.05) is 12.1 Å². The smallest absolute Gasteiger partial charge is 0.276 e. The first-order valence-corrected chi connectivity index (χ1v) is 10.6. The van der Waals surface area contributed by atoms with Gasteiger partial charge in [-0.1, -0.05) is 45.0 Å². The molecule has 0 spiro atoms. The quantitative estimate of drug-likeness (QED) is 0.439. The normalized spacial score (nSPS) is 11.4. The highest BCUT2D eigenvalue weighted by Gasteiger charge is 2.14. The third kappa shape index (κ3) is 5.88. The number of carbonyl (C=O) groups excluding carboxylic acids is 1. The molecular formula is C26H29N3O4. The molecule has 33 heavy (non-hydrogen) atoms. The zero-order chi connectivity index (χ0) is 24.0. The summed E-state index contributed by atoms with van der Waals surface area (Å²) in [5.41, 5.74) is 4.96. The molecule has 1 amide bonds. The van der Waals surface area contributed by atoms with Crippen molar-refractivity contribution >= 4 is 12.1 Å². The van der Waals surface area contributed by atoms with Crippen LogP contribution in [0.4, 0.5) is 0 Å². The fourth-order valence-corrected chi connectivity index (χ4v) is 3.29. The summed E-state index contributed by atoms with van der Waals surface area (Å²) in [6.07, 6.45) is 3.12. The fraction of sp³-hybridized carbons (Fsp3) is 0.269. The van der Waals surface area contributed by atoms with E-state index in [0.29, 0.717) is 23.6 Å². The number of hydrogen-bond acceptors (Lipinski definition) is 5. The van der Waals surface area contributed by atoms with Crippen molar-refractivity contribution in [2.75, 3.05) is 14.2 Å². The molecule has 3 aromatic rings. The summed E-state index contributed by atoms with van der Waals surface area (Å²) in [5, 5.41) is 3.98. The molecule has 0 saturated heterocycles. The molecule has 0 atom stereocenters. The summed E-state index contributed by atoms with van der Waals surface area (Å²) < 4.78 is 12.0. The Balaban J connectivity index is 1.73. The maximum atomic E-state index is 12.9. The number of amides is 1. The number of methoxy groups -OCH3 is 2. The number of nitrogens with one attached hydrogen (secondary N) is 1. The van der Waals surface area contributed by atoms with E-state index in [4.69, 9.17) is 9.47 Å². The van der Waals surface area contributed by atoms with Crippen LogP contribution in [-0.2, 0) is 12.0 Å². The second-order valence-electron chi connectivity index (χ2n) is 8.61. The lowest BCUT2D eigenvalue weighted by Gasteiger charge is -2.19. The van der Waals surface area contributed by atoms with Crippen LogP contribution in [0.2, 0.25) is 0 Å². The highest BCUT2D eigenvalue weighted by atomic mass is 16.5. The summed E-state index contributed by atoms with van der Waals surface area (Å²) >= 11 is 0. The Labute approximate surface area is 193 Å². The molecule has 0 aliphatic heterocycles.